The van der Waals surface area contributed by atoms with E-state index < -0.39 is 0 Å². The molecule has 0 bridgehead atoms. The Kier molecular flexibility index (Phi) is 4.48. The SMILES string of the molecule is Cc1ccc(CNc2cc(Br)ccc2N(C)C)cc1. The van der Waals surface area contributed by atoms with Crippen LogP contribution < -0.4 is 10.2 Å². The molecular formula is C16H19BrN2. The Morgan fingerprint density at radius 1 is 1.05 bits per heavy atom. The summed E-state index contributed by atoms with van der Waals surface area (Å²) in [6, 6.07) is 14.9. The topological polar surface area (TPSA) is 15.3 Å². The number of rotatable bonds is 4. The standard InChI is InChI=1S/C16H19BrN2/c1-12-4-6-13(7-5-12)11-18-15-10-14(17)8-9-16(15)19(2)3/h4-10,18H,11H2,1-3H3. The van der Waals surface area contributed by atoms with Gasteiger partial charge in [-0.25, -0.2) is 0 Å². The van der Waals surface area contributed by atoms with E-state index in [0.717, 1.165) is 16.7 Å². The number of nitrogens with one attached hydrogen (secondary N) is 1. The van der Waals surface area contributed by atoms with Crippen molar-refractivity contribution in [3.8, 4) is 0 Å². The molecule has 2 nitrogen and oxygen atoms in total. The zero-order chi connectivity index (χ0) is 13.8. The van der Waals surface area contributed by atoms with Crippen molar-refractivity contribution in [1.82, 2.24) is 0 Å². The van der Waals surface area contributed by atoms with Crippen LogP contribution in [-0.2, 0) is 6.54 Å². The Labute approximate surface area is 123 Å². The fourth-order valence-corrected chi connectivity index (χ4v) is 2.30. The van der Waals surface area contributed by atoms with Gasteiger partial charge >= 0.3 is 0 Å². The van der Waals surface area contributed by atoms with Crippen LogP contribution in [0.3, 0.4) is 0 Å². The predicted octanol–water partition coefficient (Wildman–Crippen LogP) is 4.44. The molecule has 2 aromatic carbocycles. The number of halogens is 1. The van der Waals surface area contributed by atoms with Crippen molar-refractivity contribution >= 4 is 27.3 Å². The van der Waals surface area contributed by atoms with Crippen LogP contribution in [0.5, 0.6) is 0 Å². The van der Waals surface area contributed by atoms with Crippen LogP contribution in [0.4, 0.5) is 11.4 Å². The summed E-state index contributed by atoms with van der Waals surface area (Å²) >= 11 is 3.52. The summed E-state index contributed by atoms with van der Waals surface area (Å²) in [6.07, 6.45) is 0. The number of anilines is 2. The molecule has 19 heavy (non-hydrogen) atoms. The first kappa shape index (κ1) is 13.9. The number of benzene rings is 2. The van der Waals surface area contributed by atoms with Gasteiger partial charge in [-0.05, 0) is 30.7 Å². The number of hydrogen-bond acceptors (Lipinski definition) is 2. The van der Waals surface area contributed by atoms with Gasteiger partial charge in [0.1, 0.15) is 0 Å². The Bertz CT molecular complexity index is 547. The molecule has 0 atom stereocenters. The second-order valence-electron chi connectivity index (χ2n) is 4.90. The van der Waals surface area contributed by atoms with Crippen molar-refractivity contribution in [2.75, 3.05) is 24.3 Å². The van der Waals surface area contributed by atoms with Crippen LogP contribution in [0.25, 0.3) is 0 Å². The van der Waals surface area contributed by atoms with E-state index in [1.54, 1.807) is 0 Å². The van der Waals surface area contributed by atoms with Crippen molar-refractivity contribution < 1.29 is 0 Å². The highest BCUT2D eigenvalue weighted by Gasteiger charge is 2.05. The minimum atomic E-state index is 0.831. The van der Waals surface area contributed by atoms with Gasteiger partial charge in [0.25, 0.3) is 0 Å². The normalized spacial score (nSPS) is 10.3. The van der Waals surface area contributed by atoms with Crippen LogP contribution in [0.15, 0.2) is 46.9 Å². The third-order valence-corrected chi connectivity index (χ3v) is 3.54. The zero-order valence-corrected chi connectivity index (χ0v) is 13.2. The first-order chi connectivity index (χ1) is 9.06. The van der Waals surface area contributed by atoms with Gasteiger partial charge in [0.05, 0.1) is 11.4 Å². The first-order valence-corrected chi connectivity index (χ1v) is 7.12. The van der Waals surface area contributed by atoms with Gasteiger partial charge < -0.3 is 10.2 Å². The molecule has 0 unspecified atom stereocenters. The van der Waals surface area contributed by atoms with Gasteiger partial charge in [-0.2, -0.15) is 0 Å². The van der Waals surface area contributed by atoms with E-state index in [4.69, 9.17) is 0 Å². The molecule has 0 aromatic heterocycles. The average molecular weight is 319 g/mol. The van der Waals surface area contributed by atoms with E-state index in [1.807, 2.05) is 0 Å². The molecule has 3 heteroatoms. The molecule has 0 aliphatic heterocycles. The van der Waals surface area contributed by atoms with E-state index in [9.17, 15) is 0 Å². The molecule has 2 aromatic rings. The van der Waals surface area contributed by atoms with E-state index in [1.165, 1.54) is 16.8 Å². The third-order valence-electron chi connectivity index (χ3n) is 3.04. The Morgan fingerprint density at radius 2 is 1.74 bits per heavy atom. The fourth-order valence-electron chi connectivity index (χ4n) is 1.94. The molecule has 2 rings (SSSR count). The number of nitrogens with zero attached hydrogens (tertiary/aromatic N) is 1. The largest absolute Gasteiger partial charge is 0.379 e. The lowest BCUT2D eigenvalue weighted by Crippen LogP contribution is -2.12. The monoisotopic (exact) mass is 318 g/mol. The second-order valence-corrected chi connectivity index (χ2v) is 5.81. The van der Waals surface area contributed by atoms with Gasteiger partial charge in [-0.3, -0.25) is 0 Å². The highest BCUT2D eigenvalue weighted by atomic mass is 79.9. The van der Waals surface area contributed by atoms with Crippen LogP contribution in [-0.4, -0.2) is 14.1 Å². The van der Waals surface area contributed by atoms with Gasteiger partial charge in [0.15, 0.2) is 0 Å². The maximum atomic E-state index is 3.52. The van der Waals surface area contributed by atoms with Crippen LogP contribution in [0, 0.1) is 6.92 Å². The highest BCUT2D eigenvalue weighted by molar-refractivity contribution is 9.10. The molecule has 0 fully saturated rings. The van der Waals surface area contributed by atoms with E-state index in [2.05, 4.69) is 89.6 Å². The van der Waals surface area contributed by atoms with Gasteiger partial charge in [-0.1, -0.05) is 45.8 Å². The molecular weight excluding hydrogens is 300 g/mol. The maximum absolute atomic E-state index is 3.52. The van der Waals surface area contributed by atoms with Crippen molar-refractivity contribution in [3.63, 3.8) is 0 Å². The van der Waals surface area contributed by atoms with Crippen LogP contribution in [0.2, 0.25) is 0 Å². The third kappa shape index (κ3) is 3.74. The lowest BCUT2D eigenvalue weighted by Gasteiger charge is -2.19. The summed E-state index contributed by atoms with van der Waals surface area (Å²) in [4.78, 5) is 2.11. The minimum Gasteiger partial charge on any atom is -0.379 e. The van der Waals surface area contributed by atoms with E-state index in [0.29, 0.717) is 0 Å². The summed E-state index contributed by atoms with van der Waals surface area (Å²) in [5.41, 5.74) is 4.91. The summed E-state index contributed by atoms with van der Waals surface area (Å²) in [7, 11) is 4.11. The lowest BCUT2D eigenvalue weighted by atomic mass is 10.1. The average Bonchev–Trinajstić information content (AvgIpc) is 2.38. The lowest BCUT2D eigenvalue weighted by molar-refractivity contribution is 1.10. The molecule has 0 aliphatic rings. The quantitative estimate of drug-likeness (QED) is 0.896. The van der Waals surface area contributed by atoms with Crippen molar-refractivity contribution in [2.24, 2.45) is 0 Å². The number of aryl methyl sites for hydroxylation is 1. The smallest absolute Gasteiger partial charge is 0.0597 e. The Hall–Kier alpha value is -1.48. The molecule has 0 amide bonds. The predicted molar refractivity (Wildman–Crippen MR) is 87.0 cm³/mol. The highest BCUT2D eigenvalue weighted by Crippen LogP contribution is 2.28. The first-order valence-electron chi connectivity index (χ1n) is 6.32. The Morgan fingerprint density at radius 3 is 2.37 bits per heavy atom. The summed E-state index contributed by atoms with van der Waals surface area (Å²) in [5.74, 6) is 0. The molecule has 0 spiro atoms. The van der Waals surface area contributed by atoms with Gasteiger partial charge in [-0.15, -0.1) is 0 Å². The number of hydrogen-bond donors (Lipinski definition) is 1. The van der Waals surface area contributed by atoms with Gasteiger partial charge in [0.2, 0.25) is 0 Å². The molecule has 0 saturated carbocycles. The van der Waals surface area contributed by atoms with Crippen molar-refractivity contribution in [2.45, 2.75) is 13.5 Å². The minimum absolute atomic E-state index is 0.831. The molecule has 100 valence electrons. The summed E-state index contributed by atoms with van der Waals surface area (Å²) < 4.78 is 1.09. The van der Waals surface area contributed by atoms with Gasteiger partial charge in [0, 0.05) is 25.1 Å². The van der Waals surface area contributed by atoms with E-state index >= 15 is 0 Å². The fraction of sp³-hybridized carbons (Fsp3) is 0.250. The van der Waals surface area contributed by atoms with E-state index in [-0.39, 0.29) is 0 Å². The van der Waals surface area contributed by atoms with Crippen molar-refractivity contribution in [1.29, 1.82) is 0 Å². The maximum Gasteiger partial charge on any atom is 0.0597 e. The summed E-state index contributed by atoms with van der Waals surface area (Å²) in [5, 5.41) is 3.50. The molecule has 0 radical (unpaired) electrons. The Balaban J connectivity index is 2.14. The molecule has 1 N–H and O–H groups in total. The van der Waals surface area contributed by atoms with Crippen molar-refractivity contribution in [3.05, 3.63) is 58.1 Å². The second kappa shape index (κ2) is 6.11. The van der Waals surface area contributed by atoms with Crippen LogP contribution in [0.1, 0.15) is 11.1 Å². The molecule has 0 saturated heterocycles. The summed E-state index contributed by atoms with van der Waals surface area (Å²) in [6.45, 7) is 2.94. The molecule has 0 aliphatic carbocycles. The van der Waals surface area contributed by atoms with Crippen LogP contribution >= 0.6 is 15.9 Å². The molecule has 0 heterocycles. The zero-order valence-electron chi connectivity index (χ0n) is 11.6.